The van der Waals surface area contributed by atoms with Crippen molar-refractivity contribution in [2.24, 2.45) is 0 Å². The molecule has 0 aliphatic rings. The SMILES string of the molecule is CC(C)(C)c1ccc2c(N(c3ccccc3)c3ccc(-n4c5ccccc5c5ccccc54)cc3)c3ccccc3c(-c3ccccc3)c2c1. The van der Waals surface area contributed by atoms with E-state index in [1.807, 2.05) is 0 Å². The summed E-state index contributed by atoms with van der Waals surface area (Å²) in [5.41, 5.74) is 10.8. The summed E-state index contributed by atoms with van der Waals surface area (Å²) >= 11 is 0. The summed E-state index contributed by atoms with van der Waals surface area (Å²) in [6.07, 6.45) is 0. The molecule has 0 fully saturated rings. The summed E-state index contributed by atoms with van der Waals surface area (Å²) in [5, 5.41) is 7.49. The molecule has 0 bridgehead atoms. The normalized spacial score (nSPS) is 11.9. The van der Waals surface area contributed by atoms with Crippen molar-refractivity contribution >= 4 is 60.4 Å². The third-order valence-electron chi connectivity index (χ3n) is 10.1. The molecule has 2 nitrogen and oxygen atoms in total. The molecule has 8 aromatic carbocycles. The highest BCUT2D eigenvalue weighted by molar-refractivity contribution is 6.22. The second-order valence-corrected chi connectivity index (χ2v) is 14.2. The molecular weight excluding hydrogens is 605 g/mol. The first kappa shape index (κ1) is 30.0. The molecule has 2 heteroatoms. The van der Waals surface area contributed by atoms with E-state index in [9.17, 15) is 0 Å². The Bertz CT molecular complexity index is 2610. The molecule has 0 aliphatic carbocycles. The molecule has 50 heavy (non-hydrogen) atoms. The van der Waals surface area contributed by atoms with Crippen LogP contribution in [0, 0.1) is 0 Å². The summed E-state index contributed by atoms with van der Waals surface area (Å²) in [5.74, 6) is 0. The number of hydrogen-bond acceptors (Lipinski definition) is 1. The average Bonchev–Trinajstić information content (AvgIpc) is 3.49. The lowest BCUT2D eigenvalue weighted by Crippen LogP contribution is -2.13. The average molecular weight is 643 g/mol. The monoisotopic (exact) mass is 642 g/mol. The van der Waals surface area contributed by atoms with E-state index in [0.29, 0.717) is 0 Å². The Balaban J connectivity index is 1.32. The van der Waals surface area contributed by atoms with Crippen molar-refractivity contribution in [3.63, 3.8) is 0 Å². The van der Waals surface area contributed by atoms with Crippen LogP contribution in [0.3, 0.4) is 0 Å². The molecule has 240 valence electrons. The van der Waals surface area contributed by atoms with Crippen LogP contribution in [0.5, 0.6) is 0 Å². The molecule has 0 saturated heterocycles. The molecule has 0 amide bonds. The van der Waals surface area contributed by atoms with Crippen molar-refractivity contribution in [1.29, 1.82) is 0 Å². The molecule has 9 aromatic rings. The van der Waals surface area contributed by atoms with E-state index in [4.69, 9.17) is 0 Å². The predicted molar refractivity (Wildman–Crippen MR) is 215 cm³/mol. The molecule has 0 spiro atoms. The molecule has 1 heterocycles. The lowest BCUT2D eigenvalue weighted by Gasteiger charge is -2.30. The van der Waals surface area contributed by atoms with Crippen LogP contribution in [0.2, 0.25) is 0 Å². The first-order valence-corrected chi connectivity index (χ1v) is 17.5. The molecule has 1 aromatic heterocycles. The fourth-order valence-electron chi connectivity index (χ4n) is 7.71. The molecule has 9 rings (SSSR count). The van der Waals surface area contributed by atoms with E-state index in [-0.39, 0.29) is 5.41 Å². The Kier molecular flexibility index (Phi) is 7.07. The van der Waals surface area contributed by atoms with Crippen LogP contribution < -0.4 is 4.90 Å². The zero-order chi connectivity index (χ0) is 33.8. The smallest absolute Gasteiger partial charge is 0.0618 e. The van der Waals surface area contributed by atoms with Crippen LogP contribution in [0.1, 0.15) is 26.3 Å². The quantitative estimate of drug-likeness (QED) is 0.170. The first-order valence-electron chi connectivity index (χ1n) is 17.5. The number of anilines is 3. The number of rotatable bonds is 5. The van der Waals surface area contributed by atoms with Gasteiger partial charge in [-0.1, -0.05) is 142 Å². The van der Waals surface area contributed by atoms with Crippen LogP contribution >= 0.6 is 0 Å². The van der Waals surface area contributed by atoms with Gasteiger partial charge in [-0.2, -0.15) is 0 Å². The fraction of sp³-hybridized carbons (Fsp3) is 0.0833. The lowest BCUT2D eigenvalue weighted by atomic mass is 9.83. The minimum absolute atomic E-state index is 0.00964. The number of hydrogen-bond donors (Lipinski definition) is 0. The van der Waals surface area contributed by atoms with Gasteiger partial charge >= 0.3 is 0 Å². The zero-order valence-electron chi connectivity index (χ0n) is 28.6. The molecular formula is C48H38N2. The summed E-state index contributed by atoms with van der Waals surface area (Å²) in [6.45, 7) is 6.90. The van der Waals surface area contributed by atoms with Gasteiger partial charge in [0.2, 0.25) is 0 Å². The number of nitrogens with zero attached hydrogens (tertiary/aromatic N) is 2. The zero-order valence-corrected chi connectivity index (χ0v) is 28.6. The molecule has 0 unspecified atom stereocenters. The Morgan fingerprint density at radius 3 is 1.54 bits per heavy atom. The second kappa shape index (κ2) is 11.8. The van der Waals surface area contributed by atoms with Crippen LogP contribution in [0.15, 0.2) is 176 Å². The molecule has 0 saturated carbocycles. The van der Waals surface area contributed by atoms with Gasteiger partial charge < -0.3 is 9.47 Å². The van der Waals surface area contributed by atoms with Crippen LogP contribution in [-0.4, -0.2) is 4.57 Å². The van der Waals surface area contributed by atoms with Gasteiger partial charge in [0, 0.05) is 38.6 Å². The first-order chi connectivity index (χ1) is 24.5. The van der Waals surface area contributed by atoms with E-state index < -0.39 is 0 Å². The Labute approximate surface area is 293 Å². The number of para-hydroxylation sites is 3. The van der Waals surface area contributed by atoms with E-state index in [0.717, 1.165) is 17.1 Å². The van der Waals surface area contributed by atoms with E-state index in [1.54, 1.807) is 0 Å². The maximum Gasteiger partial charge on any atom is 0.0618 e. The summed E-state index contributed by atoms with van der Waals surface area (Å²) < 4.78 is 2.38. The van der Waals surface area contributed by atoms with E-state index >= 15 is 0 Å². The van der Waals surface area contributed by atoms with Gasteiger partial charge in [-0.25, -0.2) is 0 Å². The highest BCUT2D eigenvalue weighted by Gasteiger charge is 2.24. The van der Waals surface area contributed by atoms with E-state index in [2.05, 4.69) is 206 Å². The Morgan fingerprint density at radius 2 is 0.920 bits per heavy atom. The maximum atomic E-state index is 2.45. The van der Waals surface area contributed by atoms with Crippen molar-refractivity contribution in [1.82, 2.24) is 4.57 Å². The largest absolute Gasteiger partial charge is 0.309 e. The van der Waals surface area contributed by atoms with Crippen molar-refractivity contribution < 1.29 is 0 Å². The third kappa shape index (κ3) is 4.87. The molecule has 0 radical (unpaired) electrons. The number of aromatic nitrogens is 1. The van der Waals surface area contributed by atoms with Crippen LogP contribution in [-0.2, 0) is 5.41 Å². The molecule has 0 atom stereocenters. The number of benzene rings is 8. The molecule has 0 aliphatic heterocycles. The minimum Gasteiger partial charge on any atom is -0.309 e. The van der Waals surface area contributed by atoms with Gasteiger partial charge in [0.15, 0.2) is 0 Å². The highest BCUT2D eigenvalue weighted by Crippen LogP contribution is 2.49. The van der Waals surface area contributed by atoms with E-state index in [1.165, 1.54) is 65.7 Å². The van der Waals surface area contributed by atoms with Gasteiger partial charge in [-0.15, -0.1) is 0 Å². The standard InChI is InChI=1S/C48H38N2/c1-48(2,3)34-26-31-42-43(32-34)46(33-16-6-4-7-17-33)40-22-10-11-23-41(40)47(42)49(35-18-8-5-9-19-35)36-27-29-37(30-28-36)50-44-24-14-12-20-38(44)39-21-13-15-25-45(39)50/h4-32H,1-3H3. The van der Waals surface area contributed by atoms with Gasteiger partial charge in [0.05, 0.1) is 16.7 Å². The van der Waals surface area contributed by atoms with Crippen LogP contribution in [0.25, 0.3) is 60.2 Å². The summed E-state index contributed by atoms with van der Waals surface area (Å²) in [4.78, 5) is 2.45. The van der Waals surface area contributed by atoms with Gasteiger partial charge in [0.25, 0.3) is 0 Å². The van der Waals surface area contributed by atoms with Crippen molar-refractivity contribution in [2.75, 3.05) is 4.90 Å². The van der Waals surface area contributed by atoms with Crippen molar-refractivity contribution in [3.8, 4) is 16.8 Å². The Morgan fingerprint density at radius 1 is 0.420 bits per heavy atom. The Hall–Kier alpha value is -6.12. The van der Waals surface area contributed by atoms with Gasteiger partial charge in [0.1, 0.15) is 0 Å². The van der Waals surface area contributed by atoms with Crippen molar-refractivity contribution in [3.05, 3.63) is 181 Å². The summed E-state index contributed by atoms with van der Waals surface area (Å²) in [7, 11) is 0. The fourth-order valence-corrected chi connectivity index (χ4v) is 7.71. The van der Waals surface area contributed by atoms with Crippen LogP contribution in [0.4, 0.5) is 17.1 Å². The van der Waals surface area contributed by atoms with Gasteiger partial charge in [-0.3, -0.25) is 0 Å². The second-order valence-electron chi connectivity index (χ2n) is 14.2. The molecule has 0 N–H and O–H groups in total. The third-order valence-corrected chi connectivity index (χ3v) is 10.1. The predicted octanol–water partition coefficient (Wildman–Crippen LogP) is 13.5. The summed E-state index contributed by atoms with van der Waals surface area (Å²) in [6, 6.07) is 64.2. The topological polar surface area (TPSA) is 8.17 Å². The lowest BCUT2D eigenvalue weighted by molar-refractivity contribution is 0.591. The number of fused-ring (bicyclic) bond motifs is 5. The maximum absolute atomic E-state index is 2.45. The van der Waals surface area contributed by atoms with Crippen molar-refractivity contribution in [2.45, 2.75) is 26.2 Å². The highest BCUT2D eigenvalue weighted by atomic mass is 15.1. The van der Waals surface area contributed by atoms with Gasteiger partial charge in [-0.05, 0) is 87.5 Å². The minimum atomic E-state index is 0.00964.